The molecule has 0 aliphatic carbocycles. The Morgan fingerprint density at radius 2 is 1.95 bits per heavy atom. The summed E-state index contributed by atoms with van der Waals surface area (Å²) in [5.41, 5.74) is 1.94. The van der Waals surface area contributed by atoms with Gasteiger partial charge in [0, 0.05) is 18.2 Å². The number of nitrogens with one attached hydrogen (secondary N) is 1. The molecule has 112 valence electrons. The first kappa shape index (κ1) is 16.7. The molecule has 2 rings (SSSR count). The van der Waals surface area contributed by atoms with Gasteiger partial charge in [0.05, 0.1) is 0 Å². The summed E-state index contributed by atoms with van der Waals surface area (Å²) < 4.78 is 0. The minimum atomic E-state index is 0.0537. The number of hydrogen-bond donors (Lipinski definition) is 1. The third-order valence-electron chi connectivity index (χ3n) is 3.60. The minimum Gasteiger partial charge on any atom is -0.348 e. The maximum atomic E-state index is 12.1. The molecule has 1 N–H and O–H groups in total. The highest BCUT2D eigenvalue weighted by atomic mass is 16.1. The van der Waals surface area contributed by atoms with Gasteiger partial charge in [0.1, 0.15) is 0 Å². The van der Waals surface area contributed by atoms with Crippen LogP contribution in [0.15, 0.2) is 24.3 Å². The maximum absolute atomic E-state index is 12.1. The van der Waals surface area contributed by atoms with Crippen molar-refractivity contribution in [2.75, 3.05) is 19.6 Å². The monoisotopic (exact) mass is 276 g/mol. The maximum Gasteiger partial charge on any atom is 0.251 e. The van der Waals surface area contributed by atoms with Crippen LogP contribution in [0, 0.1) is 6.92 Å². The predicted octanol–water partition coefficient (Wildman–Crippen LogP) is 3.24. The molecule has 1 atom stereocenters. The van der Waals surface area contributed by atoms with Crippen LogP contribution in [-0.2, 0) is 0 Å². The molecular weight excluding hydrogens is 248 g/mol. The van der Waals surface area contributed by atoms with E-state index in [1.165, 1.54) is 12.0 Å². The molecule has 20 heavy (non-hydrogen) atoms. The summed E-state index contributed by atoms with van der Waals surface area (Å²) in [7, 11) is 0. The van der Waals surface area contributed by atoms with Crippen molar-refractivity contribution >= 4 is 5.91 Å². The first-order valence-corrected chi connectivity index (χ1v) is 7.79. The van der Waals surface area contributed by atoms with Crippen LogP contribution in [0.2, 0.25) is 0 Å². The molecule has 1 amide bonds. The Bertz CT molecular complexity index is 400. The van der Waals surface area contributed by atoms with E-state index in [4.69, 9.17) is 0 Å². The largest absolute Gasteiger partial charge is 0.348 e. The Hall–Kier alpha value is -1.35. The third kappa shape index (κ3) is 4.97. The van der Waals surface area contributed by atoms with Crippen molar-refractivity contribution < 1.29 is 4.79 Å². The number of rotatable bonds is 3. The molecule has 0 bridgehead atoms. The molecule has 1 aromatic carbocycles. The van der Waals surface area contributed by atoms with Crippen molar-refractivity contribution in [2.24, 2.45) is 0 Å². The van der Waals surface area contributed by atoms with Gasteiger partial charge in [-0.3, -0.25) is 4.79 Å². The number of hydrogen-bond acceptors (Lipinski definition) is 2. The van der Waals surface area contributed by atoms with Gasteiger partial charge in [-0.15, -0.1) is 0 Å². The number of nitrogens with zero attached hydrogens (tertiary/aromatic N) is 1. The van der Waals surface area contributed by atoms with Crippen LogP contribution in [-0.4, -0.2) is 36.5 Å². The molecule has 1 heterocycles. The molecule has 0 radical (unpaired) electrons. The standard InChI is InChI=1S/C15H22N2O.C2H6/c1-3-17-10-4-5-14(11-17)16-15(18)13-8-6-12(2)7-9-13;1-2/h6-9,14H,3-5,10-11H2,1-2H3,(H,16,18);1-2H3. The summed E-state index contributed by atoms with van der Waals surface area (Å²) >= 11 is 0. The van der Waals surface area contributed by atoms with Gasteiger partial charge >= 0.3 is 0 Å². The number of aryl methyl sites for hydroxylation is 1. The van der Waals surface area contributed by atoms with E-state index in [1.807, 2.05) is 45.0 Å². The van der Waals surface area contributed by atoms with Gasteiger partial charge in [-0.05, 0) is 45.0 Å². The van der Waals surface area contributed by atoms with Gasteiger partial charge in [-0.2, -0.15) is 0 Å². The van der Waals surface area contributed by atoms with E-state index >= 15 is 0 Å². The molecule has 0 aromatic heterocycles. The smallest absolute Gasteiger partial charge is 0.251 e. The molecular formula is C17H28N2O. The van der Waals surface area contributed by atoms with Gasteiger partial charge in [-0.25, -0.2) is 0 Å². The number of piperidine rings is 1. The summed E-state index contributed by atoms with van der Waals surface area (Å²) in [6.45, 7) is 11.4. The van der Waals surface area contributed by atoms with E-state index < -0.39 is 0 Å². The second kappa shape index (κ2) is 8.75. The lowest BCUT2D eigenvalue weighted by atomic mass is 10.0. The van der Waals surface area contributed by atoms with Crippen LogP contribution in [0.5, 0.6) is 0 Å². The fraction of sp³-hybridized carbons (Fsp3) is 0.588. The lowest BCUT2D eigenvalue weighted by Gasteiger charge is -2.32. The number of carbonyl (C=O) groups is 1. The van der Waals surface area contributed by atoms with Crippen LogP contribution < -0.4 is 5.32 Å². The van der Waals surface area contributed by atoms with Crippen LogP contribution in [0.25, 0.3) is 0 Å². The molecule has 0 saturated carbocycles. The normalized spacial score (nSPS) is 18.9. The molecule has 1 aliphatic heterocycles. The van der Waals surface area contributed by atoms with E-state index in [2.05, 4.69) is 17.1 Å². The van der Waals surface area contributed by atoms with Crippen LogP contribution in [0.4, 0.5) is 0 Å². The topological polar surface area (TPSA) is 32.3 Å². The Morgan fingerprint density at radius 1 is 1.30 bits per heavy atom. The quantitative estimate of drug-likeness (QED) is 0.919. The Kier molecular flexibility index (Phi) is 7.31. The zero-order chi connectivity index (χ0) is 15.0. The van der Waals surface area contributed by atoms with Crippen molar-refractivity contribution in [1.82, 2.24) is 10.2 Å². The lowest BCUT2D eigenvalue weighted by molar-refractivity contribution is 0.0906. The van der Waals surface area contributed by atoms with Gasteiger partial charge < -0.3 is 10.2 Å². The zero-order valence-corrected chi connectivity index (χ0v) is 13.3. The third-order valence-corrected chi connectivity index (χ3v) is 3.60. The second-order valence-corrected chi connectivity index (χ2v) is 5.07. The van der Waals surface area contributed by atoms with Crippen LogP contribution >= 0.6 is 0 Å². The number of likely N-dealkylation sites (tertiary alicyclic amines) is 1. The van der Waals surface area contributed by atoms with Crippen molar-refractivity contribution in [3.8, 4) is 0 Å². The number of benzene rings is 1. The van der Waals surface area contributed by atoms with Crippen molar-refractivity contribution in [2.45, 2.75) is 46.6 Å². The van der Waals surface area contributed by atoms with Crippen molar-refractivity contribution in [3.05, 3.63) is 35.4 Å². The lowest BCUT2D eigenvalue weighted by Crippen LogP contribution is -2.47. The van der Waals surface area contributed by atoms with E-state index in [9.17, 15) is 4.79 Å². The first-order valence-electron chi connectivity index (χ1n) is 7.79. The Labute approximate surface area is 123 Å². The van der Waals surface area contributed by atoms with Gasteiger partial charge in [0.15, 0.2) is 0 Å². The average Bonchev–Trinajstić information content (AvgIpc) is 2.50. The van der Waals surface area contributed by atoms with E-state index in [-0.39, 0.29) is 5.91 Å². The minimum absolute atomic E-state index is 0.0537. The predicted molar refractivity (Wildman–Crippen MR) is 85.1 cm³/mol. The van der Waals surface area contributed by atoms with E-state index in [0.717, 1.165) is 31.6 Å². The fourth-order valence-corrected chi connectivity index (χ4v) is 2.43. The zero-order valence-electron chi connectivity index (χ0n) is 13.3. The summed E-state index contributed by atoms with van der Waals surface area (Å²) in [4.78, 5) is 14.5. The molecule has 1 aromatic rings. The van der Waals surface area contributed by atoms with E-state index in [0.29, 0.717) is 6.04 Å². The van der Waals surface area contributed by atoms with Gasteiger partial charge in [0.2, 0.25) is 0 Å². The molecule has 0 spiro atoms. The van der Waals surface area contributed by atoms with Crippen LogP contribution in [0.1, 0.15) is 49.5 Å². The van der Waals surface area contributed by atoms with Gasteiger partial charge in [0.25, 0.3) is 5.91 Å². The summed E-state index contributed by atoms with van der Waals surface area (Å²) in [5.74, 6) is 0.0537. The average molecular weight is 276 g/mol. The van der Waals surface area contributed by atoms with E-state index in [1.54, 1.807) is 0 Å². The molecule has 3 heteroatoms. The van der Waals surface area contributed by atoms with Crippen molar-refractivity contribution in [1.29, 1.82) is 0 Å². The summed E-state index contributed by atoms with van der Waals surface area (Å²) in [6.07, 6.45) is 2.26. The Balaban J connectivity index is 0.000000956. The number of carbonyl (C=O) groups excluding carboxylic acids is 1. The summed E-state index contributed by atoms with van der Waals surface area (Å²) in [5, 5.41) is 3.14. The second-order valence-electron chi connectivity index (χ2n) is 5.07. The number of likely N-dealkylation sites (N-methyl/N-ethyl adjacent to an activating group) is 1. The molecule has 1 saturated heterocycles. The van der Waals surface area contributed by atoms with Crippen molar-refractivity contribution in [3.63, 3.8) is 0 Å². The summed E-state index contributed by atoms with van der Waals surface area (Å²) in [6, 6.07) is 8.05. The molecule has 1 fully saturated rings. The fourth-order valence-electron chi connectivity index (χ4n) is 2.43. The molecule has 1 aliphatic rings. The highest BCUT2D eigenvalue weighted by molar-refractivity contribution is 5.94. The first-order chi connectivity index (χ1) is 9.69. The number of amides is 1. The molecule has 3 nitrogen and oxygen atoms in total. The van der Waals surface area contributed by atoms with Crippen LogP contribution in [0.3, 0.4) is 0 Å². The Morgan fingerprint density at radius 3 is 2.55 bits per heavy atom. The highest BCUT2D eigenvalue weighted by Crippen LogP contribution is 2.11. The SMILES string of the molecule is CC.CCN1CCCC(NC(=O)c2ccc(C)cc2)C1. The van der Waals surface area contributed by atoms with Gasteiger partial charge in [-0.1, -0.05) is 38.5 Å². The molecule has 1 unspecified atom stereocenters. The highest BCUT2D eigenvalue weighted by Gasteiger charge is 2.20.